The van der Waals surface area contributed by atoms with E-state index < -0.39 is 0 Å². The van der Waals surface area contributed by atoms with E-state index in [1.54, 1.807) is 4.88 Å². The molecule has 2 aliphatic rings. The quantitative estimate of drug-likeness (QED) is 0.676. The van der Waals surface area contributed by atoms with Crippen molar-refractivity contribution >= 4 is 11.3 Å². The van der Waals surface area contributed by atoms with Crippen LogP contribution in [0.5, 0.6) is 5.75 Å². The zero-order valence-corrected chi connectivity index (χ0v) is 12.8. The van der Waals surface area contributed by atoms with Gasteiger partial charge < -0.3 is 4.74 Å². The van der Waals surface area contributed by atoms with Crippen molar-refractivity contribution in [3.63, 3.8) is 0 Å². The minimum atomic E-state index is 0.0894. The first-order chi connectivity index (χ1) is 10.3. The van der Waals surface area contributed by atoms with Gasteiger partial charge in [-0.15, -0.1) is 11.3 Å². The summed E-state index contributed by atoms with van der Waals surface area (Å²) < 4.78 is 5.59. The average Bonchev–Trinajstić information content (AvgIpc) is 3.13. The van der Waals surface area contributed by atoms with Gasteiger partial charge in [-0.3, -0.25) is 5.84 Å². The molecule has 1 aliphatic heterocycles. The first kappa shape index (κ1) is 13.3. The summed E-state index contributed by atoms with van der Waals surface area (Å²) in [6, 6.07) is 8.90. The fraction of sp³-hybridized carbons (Fsp3) is 0.412. The second-order valence-electron chi connectivity index (χ2n) is 5.87. The van der Waals surface area contributed by atoms with Crippen molar-refractivity contribution in [3.05, 3.63) is 50.7 Å². The van der Waals surface area contributed by atoms with E-state index >= 15 is 0 Å². The Morgan fingerprint density at radius 2 is 2.00 bits per heavy atom. The molecule has 0 spiro atoms. The van der Waals surface area contributed by atoms with Crippen molar-refractivity contribution < 1.29 is 4.74 Å². The maximum atomic E-state index is 5.87. The molecule has 3 N–H and O–H groups in total. The van der Waals surface area contributed by atoms with Crippen molar-refractivity contribution in [2.24, 2.45) is 5.84 Å². The standard InChI is InChI=1S/C17H20N2OS/c18-19-17(13-5-6-14-11(9-13)7-8-20-14)16-10-12-3-1-2-4-15(12)21-16/h5-6,9-10,17,19H,1-4,7-8,18H2. The van der Waals surface area contributed by atoms with Crippen LogP contribution in [-0.4, -0.2) is 6.61 Å². The number of hydrogen-bond acceptors (Lipinski definition) is 4. The zero-order chi connectivity index (χ0) is 14.2. The summed E-state index contributed by atoms with van der Waals surface area (Å²) in [5.74, 6) is 6.89. The molecule has 0 amide bonds. The third-order valence-electron chi connectivity index (χ3n) is 4.51. The minimum absolute atomic E-state index is 0.0894. The van der Waals surface area contributed by atoms with E-state index in [2.05, 4.69) is 29.7 Å². The van der Waals surface area contributed by atoms with Crippen LogP contribution in [0.15, 0.2) is 24.3 Å². The molecule has 0 saturated carbocycles. The van der Waals surface area contributed by atoms with E-state index in [0.29, 0.717) is 0 Å². The topological polar surface area (TPSA) is 47.3 Å². The molecular weight excluding hydrogens is 280 g/mol. The fourth-order valence-corrected chi connectivity index (χ4v) is 4.73. The number of aryl methyl sites for hydroxylation is 2. The van der Waals surface area contributed by atoms with Crippen LogP contribution >= 0.6 is 11.3 Å². The molecule has 110 valence electrons. The molecule has 2 aromatic rings. The SMILES string of the molecule is NNC(c1ccc2c(c1)CCO2)c1cc2c(s1)CCCC2. The number of thiophene rings is 1. The van der Waals surface area contributed by atoms with Gasteiger partial charge in [0, 0.05) is 16.2 Å². The molecule has 3 nitrogen and oxygen atoms in total. The second kappa shape index (κ2) is 5.44. The number of benzene rings is 1. The zero-order valence-electron chi connectivity index (χ0n) is 12.0. The van der Waals surface area contributed by atoms with Crippen molar-refractivity contribution in [1.82, 2.24) is 5.43 Å². The van der Waals surface area contributed by atoms with E-state index in [-0.39, 0.29) is 6.04 Å². The van der Waals surface area contributed by atoms with Gasteiger partial charge in [0.15, 0.2) is 0 Å². The molecule has 1 aromatic heterocycles. The van der Waals surface area contributed by atoms with Crippen LogP contribution in [0, 0.1) is 0 Å². The number of ether oxygens (including phenoxy) is 1. The molecule has 4 heteroatoms. The van der Waals surface area contributed by atoms with Gasteiger partial charge in [0.05, 0.1) is 12.6 Å². The Morgan fingerprint density at radius 1 is 1.10 bits per heavy atom. The summed E-state index contributed by atoms with van der Waals surface area (Å²) in [5.41, 5.74) is 7.07. The Labute approximate surface area is 129 Å². The van der Waals surface area contributed by atoms with E-state index in [9.17, 15) is 0 Å². The first-order valence-corrected chi connectivity index (χ1v) is 8.50. The van der Waals surface area contributed by atoms with Crippen LogP contribution in [0.1, 0.15) is 45.3 Å². The van der Waals surface area contributed by atoms with Crippen LogP contribution in [0.2, 0.25) is 0 Å². The summed E-state index contributed by atoms with van der Waals surface area (Å²) in [6.45, 7) is 0.798. The van der Waals surface area contributed by atoms with Crippen LogP contribution in [0.3, 0.4) is 0 Å². The minimum Gasteiger partial charge on any atom is -0.493 e. The smallest absolute Gasteiger partial charge is 0.122 e. The molecule has 1 aliphatic carbocycles. The highest BCUT2D eigenvalue weighted by atomic mass is 32.1. The summed E-state index contributed by atoms with van der Waals surface area (Å²) in [5, 5.41) is 0. The Kier molecular flexibility index (Phi) is 3.45. The summed E-state index contributed by atoms with van der Waals surface area (Å²) >= 11 is 1.92. The van der Waals surface area contributed by atoms with Crippen molar-refractivity contribution in [1.29, 1.82) is 0 Å². The van der Waals surface area contributed by atoms with Gasteiger partial charge in [-0.2, -0.15) is 0 Å². The Balaban J connectivity index is 1.69. The molecule has 2 heterocycles. The number of nitrogens with one attached hydrogen (secondary N) is 1. The predicted octanol–water partition coefficient (Wildman–Crippen LogP) is 3.11. The van der Waals surface area contributed by atoms with Gasteiger partial charge >= 0.3 is 0 Å². The van der Waals surface area contributed by atoms with Gasteiger partial charge in [0.25, 0.3) is 0 Å². The highest BCUT2D eigenvalue weighted by molar-refractivity contribution is 7.12. The lowest BCUT2D eigenvalue weighted by Gasteiger charge is -2.15. The van der Waals surface area contributed by atoms with Gasteiger partial charge in [-0.25, -0.2) is 5.43 Å². The van der Waals surface area contributed by atoms with Crippen LogP contribution < -0.4 is 16.0 Å². The molecule has 4 rings (SSSR count). The van der Waals surface area contributed by atoms with Gasteiger partial charge in [0.2, 0.25) is 0 Å². The molecule has 0 fully saturated rings. The van der Waals surface area contributed by atoms with Crippen molar-refractivity contribution in [2.45, 2.75) is 38.1 Å². The summed E-state index contributed by atoms with van der Waals surface area (Å²) in [7, 11) is 0. The molecule has 21 heavy (non-hydrogen) atoms. The number of nitrogens with two attached hydrogens (primary N) is 1. The second-order valence-corrected chi connectivity index (χ2v) is 7.04. The monoisotopic (exact) mass is 300 g/mol. The molecule has 0 saturated heterocycles. The maximum Gasteiger partial charge on any atom is 0.122 e. The van der Waals surface area contributed by atoms with Gasteiger partial charge in [-0.1, -0.05) is 6.07 Å². The predicted molar refractivity (Wildman–Crippen MR) is 85.8 cm³/mol. The van der Waals surface area contributed by atoms with E-state index in [1.807, 2.05) is 11.3 Å². The average molecular weight is 300 g/mol. The molecule has 0 radical (unpaired) electrons. The largest absolute Gasteiger partial charge is 0.493 e. The van der Waals surface area contributed by atoms with E-state index in [4.69, 9.17) is 10.6 Å². The molecule has 1 aromatic carbocycles. The highest BCUT2D eigenvalue weighted by Crippen LogP contribution is 2.36. The third-order valence-corrected chi connectivity index (χ3v) is 5.82. The highest BCUT2D eigenvalue weighted by Gasteiger charge is 2.21. The number of hydrazine groups is 1. The van der Waals surface area contributed by atoms with Gasteiger partial charge in [0.1, 0.15) is 5.75 Å². The lowest BCUT2D eigenvalue weighted by atomic mass is 9.97. The molecular formula is C17H20N2OS. The van der Waals surface area contributed by atoms with Crippen molar-refractivity contribution in [2.75, 3.05) is 6.61 Å². The summed E-state index contributed by atoms with van der Waals surface area (Å²) in [6.07, 6.45) is 6.10. The lowest BCUT2D eigenvalue weighted by molar-refractivity contribution is 0.357. The first-order valence-electron chi connectivity index (χ1n) is 7.68. The Bertz CT molecular complexity index is 641. The van der Waals surface area contributed by atoms with E-state index in [1.165, 1.54) is 47.3 Å². The number of hydrogen-bond donors (Lipinski definition) is 2. The Hall–Kier alpha value is -1.36. The van der Waals surface area contributed by atoms with Crippen LogP contribution in [-0.2, 0) is 19.3 Å². The lowest BCUT2D eigenvalue weighted by Crippen LogP contribution is -2.28. The van der Waals surface area contributed by atoms with Gasteiger partial charge in [-0.05, 0) is 60.6 Å². The number of rotatable bonds is 3. The van der Waals surface area contributed by atoms with Crippen LogP contribution in [0.4, 0.5) is 0 Å². The summed E-state index contributed by atoms with van der Waals surface area (Å²) in [4.78, 5) is 2.89. The Morgan fingerprint density at radius 3 is 2.86 bits per heavy atom. The maximum absolute atomic E-state index is 5.87. The third kappa shape index (κ3) is 2.37. The van der Waals surface area contributed by atoms with Crippen molar-refractivity contribution in [3.8, 4) is 5.75 Å². The van der Waals surface area contributed by atoms with E-state index in [0.717, 1.165) is 18.8 Å². The fourth-order valence-electron chi connectivity index (χ4n) is 3.38. The normalized spacial score (nSPS) is 18.0. The number of fused-ring (bicyclic) bond motifs is 2. The van der Waals surface area contributed by atoms with Crippen LogP contribution in [0.25, 0.3) is 0 Å². The molecule has 1 unspecified atom stereocenters. The molecule has 0 bridgehead atoms. The molecule has 1 atom stereocenters.